The second-order valence-corrected chi connectivity index (χ2v) is 6.80. The van der Waals surface area contributed by atoms with Crippen molar-refractivity contribution in [3.05, 3.63) is 12.7 Å². The summed E-state index contributed by atoms with van der Waals surface area (Å²) in [5.74, 6) is -1.03. The summed E-state index contributed by atoms with van der Waals surface area (Å²) >= 11 is 0. The average molecular weight is 284 g/mol. The number of carboxylic acid groups (broad SMARTS) is 1. The predicted molar refractivity (Wildman–Crippen MR) is 80.7 cm³/mol. The molecule has 0 aromatic rings. The van der Waals surface area contributed by atoms with Gasteiger partial charge in [-0.05, 0) is 38.5 Å². The van der Waals surface area contributed by atoms with Gasteiger partial charge in [-0.1, -0.05) is 26.8 Å². The highest BCUT2D eigenvalue weighted by Gasteiger charge is 2.33. The number of amides is 2. The fraction of sp³-hybridized carbons (Fsp3) is 0.733. The quantitative estimate of drug-likeness (QED) is 0.497. The molecule has 0 spiro atoms. The zero-order valence-corrected chi connectivity index (χ0v) is 13.2. The molecule has 5 nitrogen and oxygen atoms in total. The standard InChI is InChI=1S/C15H28N2O3/c1-7-8-9-10-15(5,6)17-13(20)16-11(12(18)19)14(2,3)4/h7,11H,1,8-10H2,2-6H3,(H,18,19)(H2,16,17,20)/t11-/m1/s1. The number of carboxylic acids is 1. The Morgan fingerprint density at radius 2 is 1.80 bits per heavy atom. The van der Waals surface area contributed by atoms with Gasteiger partial charge in [-0.25, -0.2) is 9.59 Å². The summed E-state index contributed by atoms with van der Waals surface area (Å²) in [5, 5.41) is 14.5. The Hall–Kier alpha value is -1.52. The molecular formula is C15H28N2O3. The number of rotatable bonds is 7. The number of aliphatic carboxylic acids is 1. The van der Waals surface area contributed by atoms with Crippen LogP contribution in [0, 0.1) is 5.41 Å². The zero-order valence-electron chi connectivity index (χ0n) is 13.2. The van der Waals surface area contributed by atoms with Crippen molar-refractivity contribution in [2.45, 2.75) is 65.5 Å². The maximum atomic E-state index is 11.9. The van der Waals surface area contributed by atoms with Crippen LogP contribution in [-0.2, 0) is 4.79 Å². The van der Waals surface area contributed by atoms with Crippen molar-refractivity contribution in [1.29, 1.82) is 0 Å². The molecule has 0 aromatic carbocycles. The molecule has 0 radical (unpaired) electrons. The molecule has 0 aliphatic heterocycles. The first-order valence-electron chi connectivity index (χ1n) is 6.92. The fourth-order valence-corrected chi connectivity index (χ4v) is 1.87. The van der Waals surface area contributed by atoms with E-state index in [0.29, 0.717) is 0 Å². The Kier molecular flexibility index (Phi) is 6.76. The normalized spacial score (nSPS) is 13.4. The van der Waals surface area contributed by atoms with Crippen LogP contribution in [0.2, 0.25) is 0 Å². The molecule has 20 heavy (non-hydrogen) atoms. The molecule has 0 saturated heterocycles. The molecule has 0 aliphatic rings. The van der Waals surface area contributed by atoms with Crippen LogP contribution in [0.5, 0.6) is 0 Å². The summed E-state index contributed by atoms with van der Waals surface area (Å²) in [7, 11) is 0. The van der Waals surface area contributed by atoms with Crippen LogP contribution in [0.1, 0.15) is 53.9 Å². The van der Waals surface area contributed by atoms with Crippen molar-refractivity contribution in [2.24, 2.45) is 5.41 Å². The summed E-state index contributed by atoms with van der Waals surface area (Å²) < 4.78 is 0. The number of unbranched alkanes of at least 4 members (excludes halogenated alkanes) is 1. The molecule has 0 fully saturated rings. The van der Waals surface area contributed by atoms with E-state index in [1.807, 2.05) is 19.9 Å². The lowest BCUT2D eigenvalue weighted by atomic mass is 9.87. The lowest BCUT2D eigenvalue weighted by Crippen LogP contribution is -2.56. The fourth-order valence-electron chi connectivity index (χ4n) is 1.87. The smallest absolute Gasteiger partial charge is 0.326 e. The highest BCUT2D eigenvalue weighted by Crippen LogP contribution is 2.20. The van der Waals surface area contributed by atoms with E-state index in [9.17, 15) is 14.7 Å². The summed E-state index contributed by atoms with van der Waals surface area (Å²) in [5.41, 5.74) is -0.926. The van der Waals surface area contributed by atoms with E-state index in [-0.39, 0.29) is 5.54 Å². The highest BCUT2D eigenvalue weighted by atomic mass is 16.4. The van der Waals surface area contributed by atoms with Crippen molar-refractivity contribution in [1.82, 2.24) is 10.6 Å². The van der Waals surface area contributed by atoms with E-state index >= 15 is 0 Å². The monoisotopic (exact) mass is 284 g/mol. The van der Waals surface area contributed by atoms with Gasteiger partial charge < -0.3 is 15.7 Å². The first-order valence-corrected chi connectivity index (χ1v) is 6.92. The molecule has 0 aromatic heterocycles. The Bertz CT molecular complexity index is 357. The lowest BCUT2D eigenvalue weighted by Gasteiger charge is -2.31. The maximum Gasteiger partial charge on any atom is 0.326 e. The van der Waals surface area contributed by atoms with Gasteiger partial charge in [0.1, 0.15) is 6.04 Å². The van der Waals surface area contributed by atoms with Crippen LogP contribution in [0.3, 0.4) is 0 Å². The molecular weight excluding hydrogens is 256 g/mol. The molecule has 0 unspecified atom stereocenters. The summed E-state index contributed by atoms with van der Waals surface area (Å²) in [6, 6.07) is -1.37. The van der Waals surface area contributed by atoms with E-state index in [1.165, 1.54) is 0 Å². The third-order valence-electron chi connectivity index (χ3n) is 3.05. The number of carbonyl (C=O) groups is 2. The van der Waals surface area contributed by atoms with E-state index in [4.69, 9.17) is 0 Å². The minimum absolute atomic E-state index is 0.381. The van der Waals surface area contributed by atoms with Crippen molar-refractivity contribution in [2.75, 3.05) is 0 Å². The Balaban J connectivity index is 4.53. The van der Waals surface area contributed by atoms with E-state index < -0.39 is 23.5 Å². The van der Waals surface area contributed by atoms with Gasteiger partial charge in [0.15, 0.2) is 0 Å². The third kappa shape index (κ3) is 7.16. The van der Waals surface area contributed by atoms with E-state index in [0.717, 1.165) is 19.3 Å². The first-order chi connectivity index (χ1) is 8.99. The number of urea groups is 1. The molecule has 2 amide bonds. The number of hydrogen-bond acceptors (Lipinski definition) is 2. The Morgan fingerprint density at radius 3 is 2.20 bits per heavy atom. The summed E-state index contributed by atoms with van der Waals surface area (Å²) in [6.07, 6.45) is 4.47. The molecule has 0 aliphatic carbocycles. The van der Waals surface area contributed by atoms with Gasteiger partial charge in [-0.2, -0.15) is 0 Å². The molecule has 0 heterocycles. The topological polar surface area (TPSA) is 78.4 Å². The maximum absolute atomic E-state index is 11.9. The van der Waals surface area contributed by atoms with Crippen LogP contribution < -0.4 is 10.6 Å². The molecule has 0 saturated carbocycles. The van der Waals surface area contributed by atoms with E-state index in [1.54, 1.807) is 20.8 Å². The zero-order chi connectivity index (χ0) is 16.0. The van der Waals surface area contributed by atoms with Crippen LogP contribution in [0.15, 0.2) is 12.7 Å². The van der Waals surface area contributed by atoms with Gasteiger partial charge in [0.25, 0.3) is 0 Å². The van der Waals surface area contributed by atoms with Gasteiger partial charge in [0, 0.05) is 5.54 Å². The molecule has 1 atom stereocenters. The largest absolute Gasteiger partial charge is 0.480 e. The van der Waals surface area contributed by atoms with E-state index in [2.05, 4.69) is 17.2 Å². The van der Waals surface area contributed by atoms with Crippen LogP contribution in [-0.4, -0.2) is 28.7 Å². The predicted octanol–water partition coefficient (Wildman–Crippen LogP) is 2.92. The second-order valence-electron chi connectivity index (χ2n) is 6.80. The number of nitrogens with one attached hydrogen (secondary N) is 2. The van der Waals surface area contributed by atoms with Gasteiger partial charge in [0.2, 0.25) is 0 Å². The third-order valence-corrected chi connectivity index (χ3v) is 3.05. The van der Waals surface area contributed by atoms with Crippen molar-refractivity contribution in [3.8, 4) is 0 Å². The lowest BCUT2D eigenvalue weighted by molar-refractivity contribution is -0.141. The molecule has 0 bridgehead atoms. The van der Waals surface area contributed by atoms with Crippen molar-refractivity contribution < 1.29 is 14.7 Å². The minimum Gasteiger partial charge on any atom is -0.480 e. The Labute approximate surface area is 121 Å². The highest BCUT2D eigenvalue weighted by molar-refractivity contribution is 5.83. The Morgan fingerprint density at radius 1 is 1.25 bits per heavy atom. The SMILES string of the molecule is C=CCCCC(C)(C)NC(=O)N[C@H](C(=O)O)C(C)(C)C. The molecule has 0 rings (SSSR count). The number of hydrogen-bond donors (Lipinski definition) is 3. The van der Waals surface area contributed by atoms with Gasteiger partial charge >= 0.3 is 12.0 Å². The van der Waals surface area contributed by atoms with Gasteiger partial charge in [-0.15, -0.1) is 6.58 Å². The van der Waals surface area contributed by atoms with Crippen LogP contribution >= 0.6 is 0 Å². The molecule has 116 valence electrons. The number of carbonyl (C=O) groups excluding carboxylic acids is 1. The molecule has 5 heteroatoms. The average Bonchev–Trinajstić information content (AvgIpc) is 2.23. The molecule has 3 N–H and O–H groups in total. The summed E-state index contributed by atoms with van der Waals surface area (Å²) in [6.45, 7) is 12.8. The van der Waals surface area contributed by atoms with Crippen LogP contribution in [0.4, 0.5) is 4.79 Å². The van der Waals surface area contributed by atoms with Crippen LogP contribution in [0.25, 0.3) is 0 Å². The van der Waals surface area contributed by atoms with Gasteiger partial charge in [-0.3, -0.25) is 0 Å². The summed E-state index contributed by atoms with van der Waals surface area (Å²) in [4.78, 5) is 23.2. The second kappa shape index (κ2) is 7.31. The van der Waals surface area contributed by atoms with Crippen molar-refractivity contribution in [3.63, 3.8) is 0 Å². The van der Waals surface area contributed by atoms with Crippen molar-refractivity contribution >= 4 is 12.0 Å². The first kappa shape index (κ1) is 18.5. The minimum atomic E-state index is -1.03. The number of allylic oxidation sites excluding steroid dienone is 1. The van der Waals surface area contributed by atoms with Gasteiger partial charge in [0.05, 0.1) is 0 Å².